The van der Waals surface area contributed by atoms with E-state index in [0.29, 0.717) is 23.3 Å². The number of aliphatic hydroxyl groups is 1. The number of thioether (sulfide) groups is 1. The highest BCUT2D eigenvalue weighted by atomic mass is 32.2. The number of H-pyrrole nitrogens is 2. The maximum Gasteiger partial charge on any atom is 0.329 e. The van der Waals surface area contributed by atoms with E-state index in [2.05, 4.69) is 9.97 Å². The Balaban J connectivity index is 2.11. The number of aromatic nitrogens is 2. The van der Waals surface area contributed by atoms with Crippen LogP contribution < -0.4 is 16.1 Å². The topological polar surface area (TPSA) is 144 Å². The number of ketones is 1. The average Bonchev–Trinajstić information content (AvgIpc) is 2.73. The number of anilines is 1. The van der Waals surface area contributed by atoms with E-state index >= 15 is 0 Å². The van der Waals surface area contributed by atoms with Crippen LogP contribution in [0.3, 0.4) is 0 Å². The lowest BCUT2D eigenvalue weighted by Gasteiger charge is -2.46. The molecular formula is C24H27N3O6S. The van der Waals surface area contributed by atoms with Crippen molar-refractivity contribution in [1.82, 2.24) is 9.97 Å². The third-order valence-corrected chi connectivity index (χ3v) is 7.15. The summed E-state index contributed by atoms with van der Waals surface area (Å²) in [5.74, 6) is -2.33. The second-order valence-corrected chi connectivity index (χ2v) is 10.5. The Kier molecular flexibility index (Phi) is 6.07. The molecule has 1 aromatic heterocycles. The number of nitrogens with one attached hydrogen (secondary N) is 2. The lowest BCUT2D eigenvalue weighted by Crippen LogP contribution is -2.54. The molecule has 4 rings (SSSR count). The summed E-state index contributed by atoms with van der Waals surface area (Å²) in [5, 5.41) is 20.4. The molecule has 34 heavy (non-hydrogen) atoms. The van der Waals surface area contributed by atoms with Crippen LogP contribution in [0, 0.1) is 5.41 Å². The number of carbonyl (C=O) groups excluding carboxylic acids is 1. The van der Waals surface area contributed by atoms with Gasteiger partial charge in [-0.1, -0.05) is 26.0 Å². The smallest absolute Gasteiger partial charge is 0.329 e. The Morgan fingerprint density at radius 1 is 1.15 bits per heavy atom. The fourth-order valence-electron chi connectivity index (χ4n) is 5.03. The lowest BCUT2D eigenvalue weighted by molar-refractivity contribution is -0.141. The standard InChI is InChI=1S/C24H27N3O6S/c1-11(28)19(22(31)32)27-14-9-24(2,3)10-15(29)17(14)16(12-5-7-13(34-4)8-6-12)18-20(27)25-23(33)26-21(18)30/h5-8,11,16,19,28H,9-10H2,1-4H3,(H,31,32)(H2,25,26,30,33). The molecule has 0 amide bonds. The first-order chi connectivity index (χ1) is 15.9. The lowest BCUT2D eigenvalue weighted by atomic mass is 9.68. The fraction of sp³-hybridized carbons (Fsp3) is 0.417. The van der Waals surface area contributed by atoms with E-state index in [-0.39, 0.29) is 23.6 Å². The molecule has 4 N–H and O–H groups in total. The number of nitrogens with zero attached hydrogens (tertiary/aromatic N) is 1. The van der Waals surface area contributed by atoms with Crippen LogP contribution in [0.2, 0.25) is 0 Å². The van der Waals surface area contributed by atoms with E-state index in [1.54, 1.807) is 11.8 Å². The van der Waals surface area contributed by atoms with Crippen LogP contribution in [-0.4, -0.2) is 50.3 Å². The second kappa shape index (κ2) is 8.59. The molecule has 0 bridgehead atoms. The first kappa shape index (κ1) is 24.0. The minimum atomic E-state index is -1.51. The minimum absolute atomic E-state index is 0.00903. The molecule has 2 heterocycles. The zero-order valence-corrected chi connectivity index (χ0v) is 20.2. The second-order valence-electron chi connectivity index (χ2n) is 9.57. The average molecular weight is 486 g/mol. The summed E-state index contributed by atoms with van der Waals surface area (Å²) in [6.07, 6.45) is 1.13. The molecule has 2 aromatic rings. The summed E-state index contributed by atoms with van der Waals surface area (Å²) in [7, 11) is 0. The number of carbonyl (C=O) groups is 2. The van der Waals surface area contributed by atoms with Crippen molar-refractivity contribution in [2.45, 2.75) is 56.6 Å². The molecule has 0 spiro atoms. The van der Waals surface area contributed by atoms with Crippen molar-refractivity contribution in [3.8, 4) is 0 Å². The van der Waals surface area contributed by atoms with Gasteiger partial charge in [-0.2, -0.15) is 0 Å². The number of fused-ring (bicyclic) bond motifs is 1. The van der Waals surface area contributed by atoms with Crippen LogP contribution in [0.15, 0.2) is 50.0 Å². The molecule has 0 radical (unpaired) electrons. The first-order valence-corrected chi connectivity index (χ1v) is 12.1. The summed E-state index contributed by atoms with van der Waals surface area (Å²) >= 11 is 1.55. The summed E-state index contributed by atoms with van der Waals surface area (Å²) in [5.41, 5.74) is -0.499. The van der Waals surface area contributed by atoms with Gasteiger partial charge in [0.05, 0.1) is 11.7 Å². The number of hydrogen-bond donors (Lipinski definition) is 4. The monoisotopic (exact) mass is 485 g/mol. The minimum Gasteiger partial charge on any atom is -0.480 e. The number of Topliss-reactive ketones (excluding diaryl/α,β-unsaturated/α-hetero) is 1. The Morgan fingerprint density at radius 3 is 2.35 bits per heavy atom. The van der Waals surface area contributed by atoms with Gasteiger partial charge in [-0.15, -0.1) is 11.8 Å². The Labute approximate surface area is 199 Å². The molecule has 0 saturated heterocycles. The number of aliphatic carboxylic acids is 1. The van der Waals surface area contributed by atoms with E-state index in [0.717, 1.165) is 4.90 Å². The third kappa shape index (κ3) is 4.01. The quantitative estimate of drug-likeness (QED) is 0.472. The highest BCUT2D eigenvalue weighted by molar-refractivity contribution is 7.98. The van der Waals surface area contributed by atoms with Crippen LogP contribution >= 0.6 is 11.8 Å². The molecule has 1 aliphatic carbocycles. The summed E-state index contributed by atoms with van der Waals surface area (Å²) < 4.78 is 0. The molecule has 3 unspecified atom stereocenters. The largest absolute Gasteiger partial charge is 0.480 e. The molecule has 180 valence electrons. The zero-order chi connectivity index (χ0) is 24.9. The van der Waals surface area contributed by atoms with Gasteiger partial charge < -0.3 is 15.1 Å². The van der Waals surface area contributed by atoms with Gasteiger partial charge in [-0.3, -0.25) is 19.6 Å². The maximum absolute atomic E-state index is 13.6. The molecule has 1 aliphatic heterocycles. The molecule has 9 nitrogen and oxygen atoms in total. The Bertz CT molecular complexity index is 1310. The number of benzene rings is 1. The van der Waals surface area contributed by atoms with Gasteiger partial charge in [-0.05, 0) is 42.7 Å². The van der Waals surface area contributed by atoms with Crippen molar-refractivity contribution in [1.29, 1.82) is 0 Å². The van der Waals surface area contributed by atoms with Gasteiger partial charge in [0.15, 0.2) is 11.8 Å². The number of carboxylic acids is 1. The van der Waals surface area contributed by atoms with Crippen molar-refractivity contribution >= 4 is 29.3 Å². The van der Waals surface area contributed by atoms with Gasteiger partial charge >= 0.3 is 11.7 Å². The number of hydrogen-bond acceptors (Lipinski definition) is 7. The molecular weight excluding hydrogens is 458 g/mol. The van der Waals surface area contributed by atoms with Crippen molar-refractivity contribution in [2.75, 3.05) is 11.2 Å². The van der Waals surface area contributed by atoms with E-state index in [1.807, 2.05) is 44.4 Å². The summed E-state index contributed by atoms with van der Waals surface area (Å²) in [6.45, 7) is 5.14. The third-order valence-electron chi connectivity index (χ3n) is 6.40. The molecule has 0 saturated carbocycles. The van der Waals surface area contributed by atoms with E-state index < -0.39 is 40.7 Å². The van der Waals surface area contributed by atoms with Gasteiger partial charge in [0.2, 0.25) is 0 Å². The first-order valence-electron chi connectivity index (χ1n) is 10.9. The number of rotatable bonds is 5. The predicted octanol–water partition coefficient (Wildman–Crippen LogP) is 2.21. The number of carboxylic acid groups (broad SMARTS) is 1. The van der Waals surface area contributed by atoms with Crippen LogP contribution in [0.4, 0.5) is 5.82 Å². The van der Waals surface area contributed by atoms with Crippen LogP contribution in [-0.2, 0) is 9.59 Å². The fourth-order valence-corrected chi connectivity index (χ4v) is 5.44. The SMILES string of the molecule is CSc1ccc(C2C3=C(CC(C)(C)CC3=O)N(C(C(=O)O)C(C)O)c3[nH]c(=O)[nH]c(=O)c32)cc1. The van der Waals surface area contributed by atoms with Gasteiger partial charge in [-0.25, -0.2) is 9.59 Å². The van der Waals surface area contributed by atoms with Crippen LogP contribution in [0.25, 0.3) is 0 Å². The van der Waals surface area contributed by atoms with E-state index in [4.69, 9.17) is 0 Å². The highest BCUT2D eigenvalue weighted by Crippen LogP contribution is 2.50. The van der Waals surface area contributed by atoms with Crippen LogP contribution in [0.5, 0.6) is 0 Å². The normalized spacial score (nSPS) is 21.0. The van der Waals surface area contributed by atoms with Gasteiger partial charge in [0.1, 0.15) is 5.82 Å². The zero-order valence-electron chi connectivity index (χ0n) is 19.3. The number of aromatic amines is 2. The van der Waals surface area contributed by atoms with E-state index in [9.17, 15) is 29.4 Å². The van der Waals surface area contributed by atoms with Crippen molar-refractivity contribution in [3.63, 3.8) is 0 Å². The molecule has 1 aromatic carbocycles. The molecule has 10 heteroatoms. The molecule has 3 atom stereocenters. The maximum atomic E-state index is 13.6. The highest BCUT2D eigenvalue weighted by Gasteiger charge is 2.48. The molecule has 2 aliphatic rings. The predicted molar refractivity (Wildman–Crippen MR) is 128 cm³/mol. The number of aliphatic hydroxyl groups excluding tert-OH is 1. The molecule has 0 fully saturated rings. The summed E-state index contributed by atoms with van der Waals surface area (Å²) in [4.78, 5) is 58.4. The van der Waals surface area contributed by atoms with Crippen molar-refractivity contribution < 1.29 is 19.8 Å². The number of allylic oxidation sites excluding steroid dienone is 2. The summed E-state index contributed by atoms with van der Waals surface area (Å²) in [6, 6.07) is 5.93. The Hall–Kier alpha value is -3.11. The van der Waals surface area contributed by atoms with Gasteiger partial charge in [0, 0.05) is 28.5 Å². The Morgan fingerprint density at radius 2 is 1.79 bits per heavy atom. The van der Waals surface area contributed by atoms with Crippen LogP contribution in [0.1, 0.15) is 50.7 Å². The van der Waals surface area contributed by atoms with Crippen molar-refractivity contribution in [2.24, 2.45) is 5.41 Å². The van der Waals surface area contributed by atoms with Crippen molar-refractivity contribution in [3.05, 3.63) is 67.5 Å². The van der Waals surface area contributed by atoms with E-state index in [1.165, 1.54) is 11.8 Å². The van der Waals surface area contributed by atoms with Gasteiger partial charge in [0.25, 0.3) is 5.56 Å².